The summed E-state index contributed by atoms with van der Waals surface area (Å²) in [5.74, 6) is 1.11. The number of hydrogen-bond donors (Lipinski definition) is 2. The number of pyridine rings is 1. The molecule has 4 aromatic heterocycles. The minimum atomic E-state index is -0.605. The smallest absolute Gasteiger partial charge is 0.411 e. The molecular weight excluding hydrogens is 581 g/mol. The standard InChI is InChI=1S/C25H18Cl3N9O3/c1-40-25(39)30-13-3-4-15(29-10-13)22-23(28)33-24(32-22)18-6-7-20-31-16(9-21(38)37(18)20)14-8-12(26)2-5-17(14)36-11-19(27)34-35-36/h2-5,8-11,18H,6-7H2,1H3,(H,30,39)(H,32,33)/t18-/m0/s1. The van der Waals surface area contributed by atoms with Crippen molar-refractivity contribution >= 4 is 46.6 Å². The van der Waals surface area contributed by atoms with Crippen molar-refractivity contribution in [2.45, 2.75) is 18.9 Å². The molecule has 1 aliphatic heterocycles. The van der Waals surface area contributed by atoms with Crippen LogP contribution in [0, 0.1) is 0 Å². The molecule has 5 heterocycles. The highest BCUT2D eigenvalue weighted by Gasteiger charge is 2.30. The highest BCUT2D eigenvalue weighted by atomic mass is 35.5. The molecule has 2 N–H and O–H groups in total. The number of anilines is 1. The summed E-state index contributed by atoms with van der Waals surface area (Å²) in [6, 6.07) is 9.57. The Labute approximate surface area is 240 Å². The van der Waals surface area contributed by atoms with Crippen LogP contribution in [0.4, 0.5) is 10.5 Å². The number of aryl methyl sites for hydroxylation is 1. The molecule has 12 nitrogen and oxygen atoms in total. The first kappa shape index (κ1) is 26.0. The van der Waals surface area contributed by atoms with Crippen LogP contribution in [0.25, 0.3) is 28.3 Å². The normalized spacial score (nSPS) is 14.2. The Morgan fingerprint density at radius 1 is 1.12 bits per heavy atom. The number of ether oxygens (including phenoxy) is 1. The second-order valence-electron chi connectivity index (χ2n) is 8.80. The molecule has 0 aliphatic carbocycles. The molecule has 0 saturated carbocycles. The number of methoxy groups -OCH3 is 1. The molecule has 0 fully saturated rings. The van der Waals surface area contributed by atoms with Crippen LogP contribution < -0.4 is 10.9 Å². The van der Waals surface area contributed by atoms with Gasteiger partial charge in [0.15, 0.2) is 5.15 Å². The number of carbonyl (C=O) groups excluding carboxylic acids is 1. The van der Waals surface area contributed by atoms with Gasteiger partial charge in [0.1, 0.15) is 22.5 Å². The van der Waals surface area contributed by atoms with Crippen LogP contribution in [-0.2, 0) is 11.2 Å². The number of aromatic amines is 1. The number of nitrogens with one attached hydrogen (secondary N) is 2. The van der Waals surface area contributed by atoms with Gasteiger partial charge in [-0.05, 0) is 36.8 Å². The van der Waals surface area contributed by atoms with Gasteiger partial charge in [0.2, 0.25) is 0 Å². The van der Waals surface area contributed by atoms with Crippen molar-refractivity contribution in [3.8, 4) is 28.3 Å². The second kappa shape index (κ2) is 10.4. The molecule has 15 heteroatoms. The fourth-order valence-corrected chi connectivity index (χ4v) is 5.12. The zero-order valence-electron chi connectivity index (χ0n) is 20.6. The summed E-state index contributed by atoms with van der Waals surface area (Å²) in [5, 5.41) is 11.4. The minimum Gasteiger partial charge on any atom is -0.453 e. The number of H-pyrrole nitrogens is 1. The summed E-state index contributed by atoms with van der Waals surface area (Å²) < 4.78 is 7.69. The van der Waals surface area contributed by atoms with Crippen molar-refractivity contribution in [2.24, 2.45) is 0 Å². The predicted molar refractivity (Wildman–Crippen MR) is 148 cm³/mol. The van der Waals surface area contributed by atoms with E-state index < -0.39 is 12.1 Å². The van der Waals surface area contributed by atoms with E-state index in [0.717, 1.165) is 0 Å². The molecule has 0 unspecified atom stereocenters. The molecule has 1 amide bonds. The monoisotopic (exact) mass is 597 g/mol. The Bertz CT molecular complexity index is 1810. The van der Waals surface area contributed by atoms with Crippen LogP contribution in [0.15, 0.2) is 53.6 Å². The van der Waals surface area contributed by atoms with Gasteiger partial charge in [-0.3, -0.25) is 19.7 Å². The maximum absolute atomic E-state index is 13.4. The molecule has 0 bridgehead atoms. The van der Waals surface area contributed by atoms with Crippen molar-refractivity contribution < 1.29 is 9.53 Å². The van der Waals surface area contributed by atoms with E-state index >= 15 is 0 Å². The number of imidazole rings is 1. The summed E-state index contributed by atoms with van der Waals surface area (Å²) >= 11 is 18.7. The predicted octanol–water partition coefficient (Wildman–Crippen LogP) is 4.95. The van der Waals surface area contributed by atoms with E-state index in [9.17, 15) is 9.59 Å². The molecular formula is C25H18Cl3N9O3. The van der Waals surface area contributed by atoms with Gasteiger partial charge >= 0.3 is 6.09 Å². The number of amides is 1. The Balaban J connectivity index is 1.33. The Morgan fingerprint density at radius 2 is 1.98 bits per heavy atom. The van der Waals surface area contributed by atoms with Gasteiger partial charge in [-0.25, -0.2) is 19.4 Å². The first-order chi connectivity index (χ1) is 19.3. The molecule has 0 saturated heterocycles. The van der Waals surface area contributed by atoms with Gasteiger partial charge in [0.05, 0.1) is 48.3 Å². The Kier molecular flexibility index (Phi) is 6.74. The lowest BCUT2D eigenvalue weighted by molar-refractivity contribution is 0.187. The van der Waals surface area contributed by atoms with E-state index in [2.05, 4.69) is 35.3 Å². The van der Waals surface area contributed by atoms with Gasteiger partial charge in [-0.2, -0.15) is 0 Å². The molecule has 40 heavy (non-hydrogen) atoms. The fourth-order valence-electron chi connectivity index (χ4n) is 4.59. The highest BCUT2D eigenvalue weighted by molar-refractivity contribution is 6.32. The van der Waals surface area contributed by atoms with Crippen LogP contribution in [0.3, 0.4) is 0 Å². The molecule has 202 valence electrons. The summed E-state index contributed by atoms with van der Waals surface area (Å²) in [6.07, 6.45) is 3.55. The summed E-state index contributed by atoms with van der Waals surface area (Å²) in [5.41, 5.74) is 2.79. The number of carbonyl (C=O) groups is 1. The first-order valence-electron chi connectivity index (χ1n) is 11.9. The van der Waals surface area contributed by atoms with Gasteiger partial charge < -0.3 is 9.72 Å². The zero-order chi connectivity index (χ0) is 28.0. The SMILES string of the molecule is COC(=O)Nc1ccc(-c2nc([C@@H]3CCc4nc(-c5cc(Cl)ccc5-n5cc(Cl)nn5)cc(=O)n43)[nH]c2Cl)nc1. The van der Waals surface area contributed by atoms with Gasteiger partial charge in [-0.15, -0.1) is 5.10 Å². The highest BCUT2D eigenvalue weighted by Crippen LogP contribution is 2.34. The number of rotatable bonds is 5. The number of hydrogen-bond acceptors (Lipinski definition) is 8. The second-order valence-corrected chi connectivity index (χ2v) is 10.0. The first-order valence-corrected chi connectivity index (χ1v) is 13.0. The van der Waals surface area contributed by atoms with Crippen LogP contribution in [0.1, 0.15) is 24.1 Å². The van der Waals surface area contributed by atoms with E-state index in [1.54, 1.807) is 41.1 Å². The van der Waals surface area contributed by atoms with Crippen molar-refractivity contribution in [1.29, 1.82) is 0 Å². The van der Waals surface area contributed by atoms with E-state index in [1.165, 1.54) is 24.1 Å². The Morgan fingerprint density at radius 3 is 2.70 bits per heavy atom. The lowest BCUT2D eigenvalue weighted by Crippen LogP contribution is -2.25. The Hall–Kier alpha value is -4.26. The molecule has 0 radical (unpaired) electrons. The maximum atomic E-state index is 13.4. The van der Waals surface area contributed by atoms with Gasteiger partial charge in [-0.1, -0.05) is 40.0 Å². The molecule has 5 aromatic rings. The van der Waals surface area contributed by atoms with Gasteiger partial charge in [0, 0.05) is 23.1 Å². The average molecular weight is 599 g/mol. The molecule has 6 rings (SSSR count). The molecule has 1 aliphatic rings. The van der Waals surface area contributed by atoms with Crippen LogP contribution in [-0.4, -0.2) is 52.7 Å². The van der Waals surface area contributed by atoms with Crippen molar-refractivity contribution in [2.75, 3.05) is 12.4 Å². The maximum Gasteiger partial charge on any atom is 0.411 e. The third-order valence-corrected chi connectivity index (χ3v) is 7.04. The number of nitrogens with zero attached hydrogens (tertiary/aromatic N) is 7. The summed E-state index contributed by atoms with van der Waals surface area (Å²) in [7, 11) is 1.27. The average Bonchev–Trinajstić information content (AvgIpc) is 3.67. The quantitative estimate of drug-likeness (QED) is 0.289. The van der Waals surface area contributed by atoms with E-state index in [-0.39, 0.29) is 15.9 Å². The van der Waals surface area contributed by atoms with Crippen molar-refractivity contribution in [1.82, 2.24) is 39.5 Å². The fraction of sp³-hybridized carbons (Fsp3) is 0.160. The van der Waals surface area contributed by atoms with Gasteiger partial charge in [0.25, 0.3) is 5.56 Å². The topological polar surface area (TPSA) is 146 Å². The largest absolute Gasteiger partial charge is 0.453 e. The molecule has 1 aromatic carbocycles. The van der Waals surface area contributed by atoms with Crippen molar-refractivity contribution in [3.05, 3.63) is 86.1 Å². The van der Waals surface area contributed by atoms with Crippen LogP contribution in [0.5, 0.6) is 0 Å². The van der Waals surface area contributed by atoms with E-state index in [4.69, 9.17) is 39.8 Å². The molecule has 1 atom stereocenters. The van der Waals surface area contributed by atoms with Crippen LogP contribution in [0.2, 0.25) is 15.3 Å². The minimum absolute atomic E-state index is 0.228. The number of fused-ring (bicyclic) bond motifs is 1. The lowest BCUT2D eigenvalue weighted by atomic mass is 10.1. The van der Waals surface area contributed by atoms with Crippen molar-refractivity contribution in [3.63, 3.8) is 0 Å². The third-order valence-electron chi connectivity index (χ3n) is 6.36. The van der Waals surface area contributed by atoms with E-state index in [1.807, 2.05) is 0 Å². The third kappa shape index (κ3) is 4.81. The lowest BCUT2D eigenvalue weighted by Gasteiger charge is -2.14. The number of aromatic nitrogens is 8. The number of benzene rings is 1. The zero-order valence-corrected chi connectivity index (χ0v) is 22.9. The van der Waals surface area contributed by atoms with Crippen LogP contribution >= 0.6 is 34.8 Å². The number of halogens is 3. The summed E-state index contributed by atoms with van der Waals surface area (Å²) in [6.45, 7) is 0. The van der Waals surface area contributed by atoms with E-state index in [0.29, 0.717) is 63.5 Å². The molecule has 0 spiro atoms. The summed E-state index contributed by atoms with van der Waals surface area (Å²) in [4.78, 5) is 41.7.